The van der Waals surface area contributed by atoms with Gasteiger partial charge in [0.25, 0.3) is 5.91 Å². The fraction of sp³-hybridized carbons (Fsp3) is 0.583. The SMILES string of the molecule is O=C(NCC1(C2CC2)CC1)c1cc(C(=O)O)[nH]n1. The third-order valence-corrected chi connectivity index (χ3v) is 3.98. The lowest BCUT2D eigenvalue weighted by Crippen LogP contribution is -2.31. The third-order valence-electron chi connectivity index (χ3n) is 3.98. The summed E-state index contributed by atoms with van der Waals surface area (Å²) in [5, 5.41) is 17.6. The van der Waals surface area contributed by atoms with Crippen molar-refractivity contribution in [2.24, 2.45) is 11.3 Å². The van der Waals surface area contributed by atoms with Gasteiger partial charge < -0.3 is 10.4 Å². The highest BCUT2D eigenvalue weighted by Gasteiger charge is 2.53. The van der Waals surface area contributed by atoms with Crippen molar-refractivity contribution in [1.82, 2.24) is 15.5 Å². The summed E-state index contributed by atoms with van der Waals surface area (Å²) < 4.78 is 0. The number of hydrogen-bond donors (Lipinski definition) is 3. The van der Waals surface area contributed by atoms with E-state index in [1.807, 2.05) is 0 Å². The molecule has 1 aromatic heterocycles. The van der Waals surface area contributed by atoms with Gasteiger partial charge in [0.15, 0.2) is 5.69 Å². The van der Waals surface area contributed by atoms with Gasteiger partial charge in [-0.15, -0.1) is 0 Å². The lowest BCUT2D eigenvalue weighted by molar-refractivity contribution is 0.0690. The number of hydrogen-bond acceptors (Lipinski definition) is 3. The second-order valence-electron chi connectivity index (χ2n) is 5.29. The van der Waals surface area contributed by atoms with Crippen LogP contribution in [-0.2, 0) is 0 Å². The molecule has 6 nitrogen and oxygen atoms in total. The molecule has 0 atom stereocenters. The minimum Gasteiger partial charge on any atom is -0.477 e. The van der Waals surface area contributed by atoms with E-state index in [1.165, 1.54) is 31.7 Å². The molecule has 1 heterocycles. The summed E-state index contributed by atoms with van der Waals surface area (Å²) in [6.45, 7) is 0.686. The van der Waals surface area contributed by atoms with Crippen molar-refractivity contribution in [2.45, 2.75) is 25.7 Å². The molecule has 96 valence electrons. The van der Waals surface area contributed by atoms with E-state index in [2.05, 4.69) is 15.5 Å². The van der Waals surface area contributed by atoms with Gasteiger partial charge in [-0.3, -0.25) is 9.89 Å². The van der Waals surface area contributed by atoms with Crippen molar-refractivity contribution in [3.05, 3.63) is 17.5 Å². The number of carbonyl (C=O) groups excluding carboxylic acids is 1. The molecule has 1 amide bonds. The zero-order valence-corrected chi connectivity index (χ0v) is 9.90. The van der Waals surface area contributed by atoms with Crippen LogP contribution in [0.2, 0.25) is 0 Å². The van der Waals surface area contributed by atoms with Crippen molar-refractivity contribution < 1.29 is 14.7 Å². The number of carbonyl (C=O) groups is 2. The number of carboxylic acids is 1. The van der Waals surface area contributed by atoms with E-state index >= 15 is 0 Å². The fourth-order valence-corrected chi connectivity index (χ4v) is 2.48. The number of aromatic nitrogens is 2. The minimum absolute atomic E-state index is 0.0662. The Bertz CT molecular complexity index is 500. The van der Waals surface area contributed by atoms with Crippen LogP contribution < -0.4 is 5.32 Å². The molecule has 0 radical (unpaired) electrons. The number of nitrogens with zero attached hydrogens (tertiary/aromatic N) is 1. The summed E-state index contributed by atoms with van der Waals surface area (Å²) >= 11 is 0. The molecule has 2 saturated carbocycles. The molecule has 0 spiro atoms. The molecule has 0 bridgehead atoms. The summed E-state index contributed by atoms with van der Waals surface area (Å²) in [5.41, 5.74) is 0.407. The summed E-state index contributed by atoms with van der Waals surface area (Å²) in [6, 6.07) is 1.26. The van der Waals surface area contributed by atoms with Gasteiger partial charge in [-0.1, -0.05) is 0 Å². The standard InChI is InChI=1S/C12H15N3O3/c16-10(8-5-9(11(17)18)15-14-8)13-6-12(3-4-12)7-1-2-7/h5,7H,1-4,6H2,(H,13,16)(H,14,15)(H,17,18). The van der Waals surface area contributed by atoms with Gasteiger partial charge in [0, 0.05) is 12.6 Å². The molecular weight excluding hydrogens is 234 g/mol. The molecule has 2 fully saturated rings. The number of amides is 1. The quantitative estimate of drug-likeness (QED) is 0.726. The van der Waals surface area contributed by atoms with E-state index in [-0.39, 0.29) is 17.3 Å². The second kappa shape index (κ2) is 3.83. The topological polar surface area (TPSA) is 95.1 Å². The Morgan fingerprint density at radius 2 is 2.22 bits per heavy atom. The number of H-pyrrole nitrogens is 1. The first-order chi connectivity index (χ1) is 8.61. The number of nitrogens with one attached hydrogen (secondary N) is 2. The first kappa shape index (κ1) is 11.3. The molecule has 0 aliphatic heterocycles. The Balaban J connectivity index is 1.59. The second-order valence-corrected chi connectivity index (χ2v) is 5.29. The predicted molar refractivity (Wildman–Crippen MR) is 62.3 cm³/mol. The predicted octanol–water partition coefficient (Wildman–Crippen LogP) is 1.03. The first-order valence-electron chi connectivity index (χ1n) is 6.18. The Morgan fingerprint density at radius 1 is 1.50 bits per heavy atom. The van der Waals surface area contributed by atoms with Gasteiger partial charge in [-0.2, -0.15) is 5.10 Å². The van der Waals surface area contributed by atoms with Gasteiger partial charge >= 0.3 is 5.97 Å². The maximum atomic E-state index is 11.8. The molecule has 2 aliphatic rings. The van der Waals surface area contributed by atoms with Crippen LogP contribution in [-0.4, -0.2) is 33.7 Å². The molecule has 6 heteroatoms. The van der Waals surface area contributed by atoms with Crippen LogP contribution in [0.1, 0.15) is 46.7 Å². The van der Waals surface area contributed by atoms with Crippen molar-refractivity contribution in [1.29, 1.82) is 0 Å². The van der Waals surface area contributed by atoms with Gasteiger partial charge in [-0.05, 0) is 37.0 Å². The molecule has 3 rings (SSSR count). The van der Waals surface area contributed by atoms with Gasteiger partial charge in [0.05, 0.1) is 0 Å². The van der Waals surface area contributed by atoms with E-state index < -0.39 is 5.97 Å². The number of aromatic carboxylic acids is 1. The Labute approximate surface area is 104 Å². The van der Waals surface area contributed by atoms with Crippen LogP contribution in [0.3, 0.4) is 0 Å². The van der Waals surface area contributed by atoms with Crippen LogP contribution in [0, 0.1) is 11.3 Å². The zero-order valence-electron chi connectivity index (χ0n) is 9.90. The Morgan fingerprint density at radius 3 is 2.72 bits per heavy atom. The Kier molecular flexibility index (Phi) is 2.39. The largest absolute Gasteiger partial charge is 0.477 e. The fourth-order valence-electron chi connectivity index (χ4n) is 2.48. The monoisotopic (exact) mass is 249 g/mol. The smallest absolute Gasteiger partial charge is 0.353 e. The zero-order chi connectivity index (χ0) is 12.8. The van der Waals surface area contributed by atoms with Gasteiger partial charge in [0.2, 0.25) is 0 Å². The highest BCUT2D eigenvalue weighted by Crippen LogP contribution is 2.60. The molecule has 0 aromatic carbocycles. The summed E-state index contributed by atoms with van der Waals surface area (Å²) in [4.78, 5) is 22.5. The maximum Gasteiger partial charge on any atom is 0.353 e. The van der Waals surface area contributed by atoms with E-state index in [0.717, 1.165) is 5.92 Å². The molecule has 1 aromatic rings. The van der Waals surface area contributed by atoms with E-state index in [9.17, 15) is 9.59 Å². The van der Waals surface area contributed by atoms with Crippen molar-refractivity contribution in [2.75, 3.05) is 6.54 Å². The van der Waals surface area contributed by atoms with Gasteiger partial charge in [0.1, 0.15) is 5.69 Å². The number of rotatable bonds is 5. The average molecular weight is 249 g/mol. The molecule has 18 heavy (non-hydrogen) atoms. The minimum atomic E-state index is -1.11. The summed E-state index contributed by atoms with van der Waals surface area (Å²) in [6.07, 6.45) is 4.95. The highest BCUT2D eigenvalue weighted by molar-refractivity contribution is 5.95. The number of aromatic amines is 1. The van der Waals surface area contributed by atoms with Crippen LogP contribution in [0.4, 0.5) is 0 Å². The maximum absolute atomic E-state index is 11.8. The summed E-state index contributed by atoms with van der Waals surface area (Å²) in [7, 11) is 0. The molecule has 2 aliphatic carbocycles. The lowest BCUT2D eigenvalue weighted by atomic mass is 10.0. The average Bonchev–Trinajstić information content (AvgIpc) is 3.23. The molecule has 3 N–H and O–H groups in total. The molecule has 0 saturated heterocycles. The normalized spacial score (nSPS) is 20.4. The molecular formula is C12H15N3O3. The Hall–Kier alpha value is -1.85. The lowest BCUT2D eigenvalue weighted by Gasteiger charge is -2.13. The van der Waals surface area contributed by atoms with E-state index in [4.69, 9.17) is 5.11 Å². The van der Waals surface area contributed by atoms with Crippen molar-refractivity contribution in [3.63, 3.8) is 0 Å². The highest BCUT2D eigenvalue weighted by atomic mass is 16.4. The number of carboxylic acid groups (broad SMARTS) is 1. The summed E-state index contributed by atoms with van der Waals surface area (Å²) in [5.74, 6) is -0.629. The van der Waals surface area contributed by atoms with Crippen molar-refractivity contribution >= 4 is 11.9 Å². The van der Waals surface area contributed by atoms with Crippen molar-refractivity contribution in [3.8, 4) is 0 Å². The van der Waals surface area contributed by atoms with Crippen LogP contribution in [0.5, 0.6) is 0 Å². The van der Waals surface area contributed by atoms with Crippen LogP contribution in [0.25, 0.3) is 0 Å². The molecule has 0 unspecified atom stereocenters. The van der Waals surface area contributed by atoms with Crippen LogP contribution in [0.15, 0.2) is 6.07 Å². The van der Waals surface area contributed by atoms with Crippen LogP contribution >= 0.6 is 0 Å². The third kappa shape index (κ3) is 1.98. The van der Waals surface area contributed by atoms with E-state index in [0.29, 0.717) is 12.0 Å². The van der Waals surface area contributed by atoms with Gasteiger partial charge in [-0.25, -0.2) is 4.79 Å². The first-order valence-corrected chi connectivity index (χ1v) is 6.18. The van der Waals surface area contributed by atoms with E-state index in [1.54, 1.807) is 0 Å².